The predicted octanol–water partition coefficient (Wildman–Crippen LogP) is 2.33. The van der Waals surface area contributed by atoms with Gasteiger partial charge in [0.2, 0.25) is 5.91 Å². The van der Waals surface area contributed by atoms with Crippen molar-refractivity contribution >= 4 is 22.4 Å². The van der Waals surface area contributed by atoms with Crippen LogP contribution in [0.15, 0.2) is 30.5 Å². The number of benzene rings is 1. The van der Waals surface area contributed by atoms with Crippen molar-refractivity contribution in [1.29, 1.82) is 0 Å². The number of aromatic nitrogens is 1. The second-order valence-electron chi connectivity index (χ2n) is 7.63. The molecule has 0 fully saturated rings. The topological polar surface area (TPSA) is 57.5 Å². The highest BCUT2D eigenvalue weighted by molar-refractivity contribution is 5.99. The maximum atomic E-state index is 13.4. The summed E-state index contributed by atoms with van der Waals surface area (Å²) in [5.74, 6) is -0.310. The number of aliphatic hydroxyl groups excluding tert-OH is 1. The number of amides is 1. The highest BCUT2D eigenvalue weighted by atomic mass is 19.1. The second-order valence-corrected chi connectivity index (χ2v) is 7.63. The van der Waals surface area contributed by atoms with Crippen LogP contribution in [0, 0.1) is 5.92 Å². The van der Waals surface area contributed by atoms with Crippen LogP contribution in [0.2, 0.25) is 0 Å². The summed E-state index contributed by atoms with van der Waals surface area (Å²) in [7, 11) is 2.04. The Hall–Kier alpha value is -2.18. The van der Waals surface area contributed by atoms with E-state index < -0.39 is 6.80 Å². The van der Waals surface area contributed by atoms with E-state index in [4.69, 9.17) is 0 Å². The fourth-order valence-electron chi connectivity index (χ4n) is 4.48. The minimum atomic E-state index is -0.538. The molecule has 1 amide bonds. The Bertz CT molecular complexity index is 900. The van der Waals surface area contributed by atoms with Crippen molar-refractivity contribution < 1.29 is 14.3 Å². The number of nitrogens with zero attached hydrogens (tertiary/aromatic N) is 2. The molecule has 0 saturated carbocycles. The zero-order valence-corrected chi connectivity index (χ0v) is 15.8. The maximum Gasteiger partial charge on any atom is 0.228 e. The van der Waals surface area contributed by atoms with Crippen molar-refractivity contribution in [2.75, 3.05) is 20.2 Å². The molecule has 1 aromatic carbocycles. The normalized spacial score (nSPS) is 23.0. The quantitative estimate of drug-likeness (QED) is 0.848. The number of nitrogens with one attached hydrogen (secondary N) is 1. The van der Waals surface area contributed by atoms with E-state index in [1.54, 1.807) is 4.57 Å². The molecule has 2 aliphatic rings. The first-order valence-electron chi connectivity index (χ1n) is 9.57. The van der Waals surface area contributed by atoms with Crippen LogP contribution in [0.3, 0.4) is 0 Å². The summed E-state index contributed by atoms with van der Waals surface area (Å²) < 4.78 is 15.1. The number of hydrogen-bond acceptors (Lipinski definition) is 3. The van der Waals surface area contributed by atoms with Gasteiger partial charge in [0.25, 0.3) is 0 Å². The van der Waals surface area contributed by atoms with E-state index in [1.807, 2.05) is 32.3 Å². The first-order chi connectivity index (χ1) is 13.1. The van der Waals surface area contributed by atoms with E-state index >= 15 is 0 Å². The molecule has 0 spiro atoms. The Kier molecular flexibility index (Phi) is 4.78. The number of hydrogen-bond donors (Lipinski definition) is 2. The van der Waals surface area contributed by atoms with Gasteiger partial charge in [-0.25, -0.2) is 4.39 Å². The van der Waals surface area contributed by atoms with Gasteiger partial charge >= 0.3 is 0 Å². The molecular formula is C21H26FN3O2. The van der Waals surface area contributed by atoms with Gasteiger partial charge in [0.15, 0.2) is 6.80 Å². The van der Waals surface area contributed by atoms with E-state index in [1.165, 1.54) is 5.56 Å². The van der Waals surface area contributed by atoms with Crippen molar-refractivity contribution in [1.82, 2.24) is 14.8 Å². The smallest absolute Gasteiger partial charge is 0.228 e. The van der Waals surface area contributed by atoms with Gasteiger partial charge < -0.3 is 15.0 Å². The van der Waals surface area contributed by atoms with E-state index in [0.717, 1.165) is 28.5 Å². The highest BCUT2D eigenvalue weighted by Crippen LogP contribution is 2.41. The van der Waals surface area contributed by atoms with Crippen LogP contribution in [-0.4, -0.2) is 52.8 Å². The minimum Gasteiger partial charge on any atom is -0.394 e. The van der Waals surface area contributed by atoms with E-state index in [9.17, 15) is 14.3 Å². The van der Waals surface area contributed by atoms with E-state index in [-0.39, 0.29) is 30.5 Å². The molecule has 0 bridgehead atoms. The molecular weight excluding hydrogens is 345 g/mol. The molecule has 5 nitrogen and oxygen atoms in total. The molecule has 27 heavy (non-hydrogen) atoms. The number of aliphatic hydroxyl groups is 1. The number of alkyl halides is 1. The van der Waals surface area contributed by atoms with Crippen molar-refractivity contribution in [3.8, 4) is 0 Å². The van der Waals surface area contributed by atoms with Crippen LogP contribution >= 0.6 is 0 Å². The number of halogens is 1. The van der Waals surface area contributed by atoms with E-state index in [0.29, 0.717) is 13.0 Å². The van der Waals surface area contributed by atoms with Crippen LogP contribution in [-0.2, 0) is 18.0 Å². The third-order valence-corrected chi connectivity index (χ3v) is 5.99. The molecule has 0 saturated heterocycles. The first-order valence-corrected chi connectivity index (χ1v) is 9.57. The summed E-state index contributed by atoms with van der Waals surface area (Å²) in [5.41, 5.74) is 4.33. The van der Waals surface area contributed by atoms with Crippen LogP contribution in [0.25, 0.3) is 16.5 Å². The average Bonchev–Trinajstić information content (AvgIpc) is 3.05. The molecule has 1 aliphatic carbocycles. The van der Waals surface area contributed by atoms with Gasteiger partial charge in [-0.05, 0) is 42.7 Å². The zero-order chi connectivity index (χ0) is 19.1. The average molecular weight is 371 g/mol. The van der Waals surface area contributed by atoms with Gasteiger partial charge in [-0.2, -0.15) is 0 Å². The molecule has 6 heteroatoms. The summed E-state index contributed by atoms with van der Waals surface area (Å²) in [6, 6.07) is 5.97. The molecule has 3 atom stereocenters. The minimum absolute atomic E-state index is 0.0481. The fraction of sp³-hybridized carbons (Fsp3) is 0.476. The Morgan fingerprint density at radius 1 is 1.44 bits per heavy atom. The van der Waals surface area contributed by atoms with Crippen molar-refractivity contribution in [2.45, 2.75) is 38.6 Å². The predicted molar refractivity (Wildman–Crippen MR) is 104 cm³/mol. The number of fused-ring (bicyclic) bond motifs is 2. The SMILES string of the molecule is CC[C@@H](CO)NC(=O)[C@@H]1C=C2c3cccc4c3c(cn4CF)C[C@H]2N(C)C1. The lowest BCUT2D eigenvalue weighted by molar-refractivity contribution is -0.125. The lowest BCUT2D eigenvalue weighted by Crippen LogP contribution is -2.48. The van der Waals surface area contributed by atoms with Crippen LogP contribution in [0.1, 0.15) is 24.5 Å². The molecule has 2 N–H and O–H groups in total. The summed E-state index contributed by atoms with van der Waals surface area (Å²) in [4.78, 5) is 15.0. The van der Waals surface area contributed by atoms with Gasteiger partial charge in [0.1, 0.15) is 0 Å². The van der Waals surface area contributed by atoms with Crippen LogP contribution in [0.4, 0.5) is 4.39 Å². The molecule has 2 aromatic rings. The number of likely N-dealkylation sites (N-methyl/N-ethyl adjacent to an activating group) is 1. The Morgan fingerprint density at radius 3 is 2.96 bits per heavy atom. The van der Waals surface area contributed by atoms with Gasteiger partial charge in [0.05, 0.1) is 24.1 Å². The largest absolute Gasteiger partial charge is 0.394 e. The Labute approximate surface area is 158 Å². The maximum absolute atomic E-state index is 13.4. The molecule has 0 radical (unpaired) electrons. The van der Waals surface area contributed by atoms with Crippen molar-refractivity contribution in [2.24, 2.45) is 5.92 Å². The lowest BCUT2D eigenvalue weighted by atomic mass is 9.80. The Balaban J connectivity index is 1.74. The van der Waals surface area contributed by atoms with Gasteiger partial charge in [0, 0.05) is 24.2 Å². The standard InChI is InChI=1S/C21H26FN3O2/c1-3-15(11-26)23-21(27)14-7-17-16-5-4-6-18-20(16)13(10-25(18)12-22)8-19(17)24(2)9-14/h4-7,10,14-15,19,26H,3,8-9,11-12H2,1-2H3,(H,23,27)/t14-,15+,19-/m1/s1. The van der Waals surface area contributed by atoms with Gasteiger partial charge in [-0.15, -0.1) is 0 Å². The summed E-state index contributed by atoms with van der Waals surface area (Å²) in [6.07, 6.45) is 5.52. The number of carbonyl (C=O) groups is 1. The molecule has 0 unspecified atom stereocenters. The van der Waals surface area contributed by atoms with Gasteiger partial charge in [-0.1, -0.05) is 25.1 Å². The molecule has 1 aliphatic heterocycles. The molecule has 144 valence electrons. The summed E-state index contributed by atoms with van der Waals surface area (Å²) in [6.45, 7) is 1.99. The molecule has 4 rings (SSSR count). The van der Waals surface area contributed by atoms with Crippen LogP contribution < -0.4 is 5.32 Å². The highest BCUT2D eigenvalue weighted by Gasteiger charge is 2.36. The summed E-state index contributed by atoms with van der Waals surface area (Å²) in [5, 5.41) is 13.4. The van der Waals surface area contributed by atoms with Crippen molar-refractivity contribution in [3.63, 3.8) is 0 Å². The third kappa shape index (κ3) is 2.97. The third-order valence-electron chi connectivity index (χ3n) is 5.99. The zero-order valence-electron chi connectivity index (χ0n) is 15.8. The molecule has 2 heterocycles. The monoisotopic (exact) mass is 371 g/mol. The lowest BCUT2D eigenvalue weighted by Gasteiger charge is -2.39. The van der Waals surface area contributed by atoms with Crippen LogP contribution in [0.5, 0.6) is 0 Å². The summed E-state index contributed by atoms with van der Waals surface area (Å²) >= 11 is 0. The number of rotatable bonds is 5. The molecule has 1 aromatic heterocycles. The van der Waals surface area contributed by atoms with Crippen molar-refractivity contribution in [3.05, 3.63) is 41.6 Å². The Morgan fingerprint density at radius 2 is 2.26 bits per heavy atom. The first kappa shape index (κ1) is 18.2. The van der Waals surface area contributed by atoms with E-state index in [2.05, 4.69) is 22.4 Å². The van der Waals surface area contributed by atoms with Gasteiger partial charge in [-0.3, -0.25) is 9.69 Å². The second kappa shape index (κ2) is 7.09. The fourth-order valence-corrected chi connectivity index (χ4v) is 4.48. The number of carbonyl (C=O) groups excluding carboxylic acids is 1.